The van der Waals surface area contributed by atoms with E-state index in [1.807, 2.05) is 18.9 Å². The van der Waals surface area contributed by atoms with E-state index in [2.05, 4.69) is 11.0 Å². The molecule has 0 bridgehead atoms. The predicted molar refractivity (Wildman–Crippen MR) is 60.6 cm³/mol. The van der Waals surface area contributed by atoms with Gasteiger partial charge in [0, 0.05) is 26.7 Å². The van der Waals surface area contributed by atoms with Crippen LogP contribution in [0.2, 0.25) is 0 Å². The average Bonchev–Trinajstić information content (AvgIpc) is 2.62. The Kier molecular flexibility index (Phi) is 2.90. The van der Waals surface area contributed by atoms with E-state index >= 15 is 0 Å². The molecule has 2 rings (SSSR count). The van der Waals surface area contributed by atoms with Crippen LogP contribution in [-0.4, -0.2) is 48.4 Å². The minimum Gasteiger partial charge on any atom is -0.344 e. The smallest absolute Gasteiger partial charge is 0.239 e. The zero-order valence-electron chi connectivity index (χ0n) is 10.1. The van der Waals surface area contributed by atoms with E-state index in [0.717, 1.165) is 38.9 Å². The minimum absolute atomic E-state index is 0.0771. The van der Waals surface area contributed by atoms with Gasteiger partial charge in [-0.3, -0.25) is 9.69 Å². The second-order valence-corrected chi connectivity index (χ2v) is 5.27. The molecule has 2 aliphatic heterocycles. The highest BCUT2D eigenvalue weighted by Crippen LogP contribution is 2.32. The highest BCUT2D eigenvalue weighted by atomic mass is 16.2. The summed E-state index contributed by atoms with van der Waals surface area (Å²) in [5, 5.41) is 9.05. The number of carbonyl (C=O) groups is 1. The first-order chi connectivity index (χ1) is 7.56. The summed E-state index contributed by atoms with van der Waals surface area (Å²) in [6.07, 6.45) is 2.71. The van der Waals surface area contributed by atoms with Crippen LogP contribution in [0.1, 0.15) is 26.2 Å². The van der Waals surface area contributed by atoms with Gasteiger partial charge in [0.1, 0.15) is 0 Å². The van der Waals surface area contributed by atoms with Crippen LogP contribution in [-0.2, 0) is 4.79 Å². The molecule has 4 heteroatoms. The monoisotopic (exact) mass is 221 g/mol. The van der Waals surface area contributed by atoms with Gasteiger partial charge in [0.2, 0.25) is 5.91 Å². The molecule has 0 aromatic heterocycles. The fourth-order valence-electron chi connectivity index (χ4n) is 2.58. The number of nitrogens with zero attached hydrogens (tertiary/aromatic N) is 3. The summed E-state index contributed by atoms with van der Waals surface area (Å²) in [4.78, 5) is 15.9. The average molecular weight is 221 g/mol. The van der Waals surface area contributed by atoms with Gasteiger partial charge in [-0.05, 0) is 26.2 Å². The number of likely N-dealkylation sites (N-methyl/N-ethyl adjacent to an activating group) is 1. The van der Waals surface area contributed by atoms with Crippen molar-refractivity contribution in [3.8, 4) is 6.07 Å². The van der Waals surface area contributed by atoms with Gasteiger partial charge >= 0.3 is 0 Å². The molecule has 0 aliphatic carbocycles. The van der Waals surface area contributed by atoms with Crippen LogP contribution in [0.3, 0.4) is 0 Å². The van der Waals surface area contributed by atoms with E-state index in [1.165, 1.54) is 0 Å². The molecule has 0 radical (unpaired) electrons. The summed E-state index contributed by atoms with van der Waals surface area (Å²) < 4.78 is 0. The number of hydrogen-bond acceptors (Lipinski definition) is 3. The third-order valence-electron chi connectivity index (χ3n) is 4.01. The quantitative estimate of drug-likeness (QED) is 0.659. The van der Waals surface area contributed by atoms with Crippen LogP contribution in [0.15, 0.2) is 0 Å². The van der Waals surface area contributed by atoms with Gasteiger partial charge in [-0.2, -0.15) is 5.26 Å². The second kappa shape index (κ2) is 4.06. The molecule has 0 N–H and O–H groups in total. The highest BCUT2D eigenvalue weighted by molar-refractivity contribution is 5.83. The van der Waals surface area contributed by atoms with Gasteiger partial charge in [-0.15, -0.1) is 0 Å². The summed E-state index contributed by atoms with van der Waals surface area (Å²) in [6, 6.07) is 2.47. The van der Waals surface area contributed by atoms with E-state index in [9.17, 15) is 4.79 Å². The maximum Gasteiger partial charge on any atom is 0.239 e. The van der Waals surface area contributed by atoms with Gasteiger partial charge in [0.15, 0.2) is 0 Å². The second-order valence-electron chi connectivity index (χ2n) is 5.27. The lowest BCUT2D eigenvalue weighted by molar-refractivity contribution is -0.131. The molecule has 4 nitrogen and oxygen atoms in total. The van der Waals surface area contributed by atoms with Crippen molar-refractivity contribution >= 4 is 5.91 Å². The van der Waals surface area contributed by atoms with Gasteiger partial charge < -0.3 is 4.90 Å². The van der Waals surface area contributed by atoms with Crippen molar-refractivity contribution in [3.63, 3.8) is 0 Å². The van der Waals surface area contributed by atoms with Crippen molar-refractivity contribution < 1.29 is 4.79 Å². The Morgan fingerprint density at radius 2 is 2.00 bits per heavy atom. The van der Waals surface area contributed by atoms with Gasteiger partial charge in [-0.25, -0.2) is 0 Å². The standard InChI is InChI=1S/C12H19N3O/c1-12(9-13)4-7-15(8-5-12)10-3-6-14(2)11(10)16/h10H,3-8H2,1-2H3. The predicted octanol–water partition coefficient (Wildman–Crippen LogP) is 0.843. The Morgan fingerprint density at radius 1 is 1.38 bits per heavy atom. The van der Waals surface area contributed by atoms with Crippen LogP contribution in [0.4, 0.5) is 0 Å². The summed E-state index contributed by atoms with van der Waals surface area (Å²) in [6.45, 7) is 4.66. The third-order valence-corrected chi connectivity index (χ3v) is 4.01. The molecule has 1 unspecified atom stereocenters. The third kappa shape index (κ3) is 1.92. The SMILES string of the molecule is CN1CCC(N2CCC(C)(C#N)CC2)C1=O. The molecule has 0 aromatic carbocycles. The van der Waals surface area contributed by atoms with Crippen LogP contribution in [0.25, 0.3) is 0 Å². The molecule has 2 aliphatic rings. The zero-order chi connectivity index (χ0) is 11.8. The number of likely N-dealkylation sites (tertiary alicyclic amines) is 2. The number of carbonyl (C=O) groups excluding carboxylic acids is 1. The van der Waals surface area contributed by atoms with E-state index in [-0.39, 0.29) is 17.4 Å². The number of hydrogen-bond donors (Lipinski definition) is 0. The topological polar surface area (TPSA) is 47.3 Å². The number of amides is 1. The van der Waals surface area contributed by atoms with Gasteiger partial charge in [0.25, 0.3) is 0 Å². The van der Waals surface area contributed by atoms with Crippen molar-refractivity contribution in [1.82, 2.24) is 9.80 Å². The molecular weight excluding hydrogens is 202 g/mol. The van der Waals surface area contributed by atoms with Gasteiger partial charge in [-0.1, -0.05) is 0 Å². The molecule has 0 saturated carbocycles. The molecule has 1 atom stereocenters. The fourth-order valence-corrected chi connectivity index (χ4v) is 2.58. The maximum atomic E-state index is 11.9. The van der Waals surface area contributed by atoms with Crippen LogP contribution >= 0.6 is 0 Å². The highest BCUT2D eigenvalue weighted by Gasteiger charge is 2.38. The molecule has 2 saturated heterocycles. The molecule has 88 valence electrons. The Hall–Kier alpha value is -1.08. The summed E-state index contributed by atoms with van der Waals surface area (Å²) >= 11 is 0. The number of piperidine rings is 1. The van der Waals surface area contributed by atoms with Crippen LogP contribution < -0.4 is 0 Å². The van der Waals surface area contributed by atoms with Crippen LogP contribution in [0.5, 0.6) is 0 Å². The van der Waals surface area contributed by atoms with Crippen molar-refractivity contribution in [1.29, 1.82) is 5.26 Å². The summed E-state index contributed by atoms with van der Waals surface area (Å²) in [7, 11) is 1.87. The lowest BCUT2D eigenvalue weighted by Crippen LogP contribution is -2.47. The molecule has 0 aromatic rings. The molecule has 2 heterocycles. The lowest BCUT2D eigenvalue weighted by atomic mass is 9.81. The Balaban J connectivity index is 1.95. The van der Waals surface area contributed by atoms with E-state index < -0.39 is 0 Å². The first kappa shape index (κ1) is 11.4. The fraction of sp³-hybridized carbons (Fsp3) is 0.833. The first-order valence-corrected chi connectivity index (χ1v) is 5.96. The van der Waals surface area contributed by atoms with Gasteiger partial charge in [0.05, 0.1) is 17.5 Å². The Bertz CT molecular complexity index is 326. The molecule has 2 fully saturated rings. The zero-order valence-corrected chi connectivity index (χ0v) is 10.1. The van der Waals surface area contributed by atoms with Crippen molar-refractivity contribution in [2.45, 2.75) is 32.2 Å². The molecule has 16 heavy (non-hydrogen) atoms. The summed E-state index contributed by atoms with van der Waals surface area (Å²) in [5.41, 5.74) is -0.177. The van der Waals surface area contributed by atoms with Crippen molar-refractivity contribution in [2.24, 2.45) is 5.41 Å². The number of nitriles is 1. The molecule has 0 spiro atoms. The maximum absolute atomic E-state index is 11.9. The van der Waals surface area contributed by atoms with Crippen molar-refractivity contribution in [2.75, 3.05) is 26.7 Å². The number of rotatable bonds is 1. The Morgan fingerprint density at radius 3 is 2.44 bits per heavy atom. The molecule has 1 amide bonds. The lowest BCUT2D eigenvalue weighted by Gasteiger charge is -2.37. The van der Waals surface area contributed by atoms with E-state index in [0.29, 0.717) is 0 Å². The summed E-state index contributed by atoms with van der Waals surface area (Å²) in [5.74, 6) is 0.251. The van der Waals surface area contributed by atoms with Crippen LogP contribution in [0, 0.1) is 16.7 Å². The van der Waals surface area contributed by atoms with E-state index in [4.69, 9.17) is 5.26 Å². The Labute approximate surface area is 96.8 Å². The largest absolute Gasteiger partial charge is 0.344 e. The molecular formula is C12H19N3O. The normalized spacial score (nSPS) is 30.4. The van der Waals surface area contributed by atoms with Crippen molar-refractivity contribution in [3.05, 3.63) is 0 Å². The van der Waals surface area contributed by atoms with E-state index in [1.54, 1.807) is 0 Å². The minimum atomic E-state index is -0.177. The first-order valence-electron chi connectivity index (χ1n) is 5.96.